The third-order valence-electron chi connectivity index (χ3n) is 1.24. The van der Waals surface area contributed by atoms with E-state index in [4.69, 9.17) is 15.6 Å². The van der Waals surface area contributed by atoms with E-state index in [0.29, 0.717) is 5.76 Å². The molecule has 0 aliphatic carbocycles. The highest BCUT2D eigenvalue weighted by molar-refractivity contribution is 5.66. The number of hydrogen-bond donors (Lipinski definition) is 0. The van der Waals surface area contributed by atoms with Gasteiger partial charge in [-0.1, -0.05) is 5.92 Å². The molecule has 1 rings (SSSR count). The Morgan fingerprint density at radius 2 is 2.58 bits per heavy atom. The van der Waals surface area contributed by atoms with Crippen molar-refractivity contribution in [1.29, 1.82) is 0 Å². The van der Waals surface area contributed by atoms with E-state index in [2.05, 4.69) is 5.92 Å². The molecular formula is C9H8O3. The first-order valence-electron chi connectivity index (χ1n) is 3.41. The van der Waals surface area contributed by atoms with Crippen LogP contribution in [-0.2, 0) is 9.53 Å². The van der Waals surface area contributed by atoms with E-state index in [9.17, 15) is 4.79 Å². The van der Waals surface area contributed by atoms with Gasteiger partial charge >= 0.3 is 5.97 Å². The molecule has 0 fully saturated rings. The normalized spacial score (nSPS) is 11.7. The van der Waals surface area contributed by atoms with Crippen LogP contribution in [0.4, 0.5) is 0 Å². The molecule has 1 atom stereocenters. The third-order valence-corrected chi connectivity index (χ3v) is 1.24. The molecular weight excluding hydrogens is 156 g/mol. The Labute approximate surface area is 70.3 Å². The van der Waals surface area contributed by atoms with Gasteiger partial charge in [-0.25, -0.2) is 0 Å². The molecule has 0 saturated carbocycles. The van der Waals surface area contributed by atoms with Crippen molar-refractivity contribution in [3.63, 3.8) is 0 Å². The van der Waals surface area contributed by atoms with Gasteiger partial charge in [0, 0.05) is 6.92 Å². The molecule has 62 valence electrons. The summed E-state index contributed by atoms with van der Waals surface area (Å²) < 4.78 is 9.74. The fraction of sp³-hybridized carbons (Fsp3) is 0.222. The zero-order valence-electron chi connectivity index (χ0n) is 6.61. The second kappa shape index (κ2) is 3.63. The Kier molecular flexibility index (Phi) is 2.54. The van der Waals surface area contributed by atoms with Gasteiger partial charge in [0.05, 0.1) is 6.26 Å². The third kappa shape index (κ3) is 1.89. The van der Waals surface area contributed by atoms with Gasteiger partial charge in [0.25, 0.3) is 0 Å². The number of furan rings is 1. The summed E-state index contributed by atoms with van der Waals surface area (Å²) in [6.45, 7) is 1.30. The molecule has 3 nitrogen and oxygen atoms in total. The lowest BCUT2D eigenvalue weighted by Crippen LogP contribution is -2.05. The summed E-state index contributed by atoms with van der Waals surface area (Å²) in [7, 11) is 0. The molecule has 0 aromatic carbocycles. The van der Waals surface area contributed by atoms with Crippen LogP contribution in [-0.4, -0.2) is 5.97 Å². The molecule has 1 aromatic rings. The molecule has 0 aliphatic rings. The highest BCUT2D eigenvalue weighted by Gasteiger charge is 2.13. The predicted octanol–water partition coefficient (Wildman–Crippen LogP) is 1.52. The zero-order valence-corrected chi connectivity index (χ0v) is 6.61. The molecule has 1 heterocycles. The minimum absolute atomic E-state index is 0.422. The van der Waals surface area contributed by atoms with E-state index in [0.717, 1.165) is 0 Å². The number of esters is 1. The van der Waals surface area contributed by atoms with Gasteiger partial charge in [-0.15, -0.1) is 6.42 Å². The average molecular weight is 164 g/mol. The van der Waals surface area contributed by atoms with E-state index in [1.807, 2.05) is 0 Å². The molecule has 0 aliphatic heterocycles. The number of carbonyl (C=O) groups excluding carboxylic acids is 1. The molecule has 12 heavy (non-hydrogen) atoms. The van der Waals surface area contributed by atoms with Crippen molar-refractivity contribution in [3.8, 4) is 12.3 Å². The number of hydrogen-bond acceptors (Lipinski definition) is 3. The van der Waals surface area contributed by atoms with Crippen molar-refractivity contribution < 1.29 is 13.9 Å². The minimum Gasteiger partial charge on any atom is -0.464 e. The van der Waals surface area contributed by atoms with E-state index >= 15 is 0 Å². The topological polar surface area (TPSA) is 39.4 Å². The molecule has 0 unspecified atom stereocenters. The van der Waals surface area contributed by atoms with E-state index < -0.39 is 12.1 Å². The first-order valence-corrected chi connectivity index (χ1v) is 3.41. The Hall–Kier alpha value is -1.69. The molecule has 3 heteroatoms. The lowest BCUT2D eigenvalue weighted by Gasteiger charge is -2.06. The SMILES string of the molecule is C#C[C@@H](OC(C)=O)c1ccco1. The molecule has 0 spiro atoms. The van der Waals surface area contributed by atoms with Crippen LogP contribution in [0.2, 0.25) is 0 Å². The van der Waals surface area contributed by atoms with Gasteiger partial charge in [-0.05, 0) is 12.1 Å². The van der Waals surface area contributed by atoms with Crippen molar-refractivity contribution in [2.24, 2.45) is 0 Å². The predicted molar refractivity (Wildman–Crippen MR) is 42.0 cm³/mol. The maximum atomic E-state index is 10.5. The second-order valence-electron chi connectivity index (χ2n) is 2.17. The van der Waals surface area contributed by atoms with E-state index in [-0.39, 0.29) is 0 Å². The molecule has 0 saturated heterocycles. The van der Waals surface area contributed by atoms with Gasteiger partial charge in [0.15, 0.2) is 5.76 Å². The minimum atomic E-state index is -0.711. The maximum absolute atomic E-state index is 10.5. The van der Waals surface area contributed by atoms with Crippen molar-refractivity contribution in [3.05, 3.63) is 24.2 Å². The van der Waals surface area contributed by atoms with Crippen molar-refractivity contribution in [2.45, 2.75) is 13.0 Å². The van der Waals surface area contributed by atoms with Gasteiger partial charge in [-0.3, -0.25) is 4.79 Å². The van der Waals surface area contributed by atoms with Gasteiger partial charge in [-0.2, -0.15) is 0 Å². The van der Waals surface area contributed by atoms with Gasteiger partial charge in [0.2, 0.25) is 6.10 Å². The lowest BCUT2D eigenvalue weighted by molar-refractivity contribution is -0.144. The maximum Gasteiger partial charge on any atom is 0.304 e. The Morgan fingerprint density at radius 3 is 3.00 bits per heavy atom. The van der Waals surface area contributed by atoms with E-state index in [1.165, 1.54) is 13.2 Å². The van der Waals surface area contributed by atoms with Crippen molar-refractivity contribution in [2.75, 3.05) is 0 Å². The fourth-order valence-electron chi connectivity index (χ4n) is 0.781. The number of rotatable bonds is 2. The molecule has 0 bridgehead atoms. The standard InChI is InChI=1S/C9H8O3/c1-3-8(12-7(2)10)9-5-4-6-11-9/h1,4-6,8H,2H3/t8-/m1/s1. The van der Waals surface area contributed by atoms with E-state index in [1.54, 1.807) is 12.1 Å². The van der Waals surface area contributed by atoms with Crippen LogP contribution in [0.3, 0.4) is 0 Å². The van der Waals surface area contributed by atoms with Crippen LogP contribution in [0, 0.1) is 12.3 Å². The molecule has 0 radical (unpaired) electrons. The van der Waals surface area contributed by atoms with Gasteiger partial charge in [0.1, 0.15) is 0 Å². The lowest BCUT2D eigenvalue weighted by atomic mass is 10.3. The fourth-order valence-corrected chi connectivity index (χ4v) is 0.781. The van der Waals surface area contributed by atoms with Crippen LogP contribution in [0.25, 0.3) is 0 Å². The van der Waals surface area contributed by atoms with Gasteiger partial charge < -0.3 is 9.15 Å². The van der Waals surface area contributed by atoms with Crippen LogP contribution in [0.5, 0.6) is 0 Å². The van der Waals surface area contributed by atoms with Crippen molar-refractivity contribution >= 4 is 5.97 Å². The highest BCUT2D eigenvalue weighted by Crippen LogP contribution is 2.16. The van der Waals surface area contributed by atoms with Crippen LogP contribution in [0.1, 0.15) is 18.8 Å². The summed E-state index contributed by atoms with van der Waals surface area (Å²) >= 11 is 0. The highest BCUT2D eigenvalue weighted by atomic mass is 16.5. The number of carbonyl (C=O) groups is 1. The number of terminal acetylenes is 1. The second-order valence-corrected chi connectivity index (χ2v) is 2.17. The molecule has 0 N–H and O–H groups in total. The molecule has 0 amide bonds. The quantitative estimate of drug-likeness (QED) is 0.491. The Morgan fingerprint density at radius 1 is 1.83 bits per heavy atom. The average Bonchev–Trinajstić information content (AvgIpc) is 2.51. The van der Waals surface area contributed by atoms with Crippen molar-refractivity contribution in [1.82, 2.24) is 0 Å². The van der Waals surface area contributed by atoms with Crippen LogP contribution in [0.15, 0.2) is 22.8 Å². The summed E-state index contributed by atoms with van der Waals surface area (Å²) in [6, 6.07) is 3.34. The molecule has 1 aromatic heterocycles. The van der Waals surface area contributed by atoms with Crippen LogP contribution >= 0.6 is 0 Å². The van der Waals surface area contributed by atoms with Crippen LogP contribution < -0.4 is 0 Å². The largest absolute Gasteiger partial charge is 0.464 e. The summed E-state index contributed by atoms with van der Waals surface area (Å²) in [6.07, 6.45) is 5.89. The Balaban J connectivity index is 2.72. The summed E-state index contributed by atoms with van der Waals surface area (Å²) in [5.41, 5.74) is 0. The zero-order chi connectivity index (χ0) is 8.97. The number of ether oxygens (including phenoxy) is 1. The first-order chi connectivity index (χ1) is 5.74. The monoisotopic (exact) mass is 164 g/mol. The summed E-state index contributed by atoms with van der Waals surface area (Å²) in [5, 5.41) is 0. The summed E-state index contributed by atoms with van der Waals surface area (Å²) in [4.78, 5) is 10.5. The smallest absolute Gasteiger partial charge is 0.304 e. The Bertz CT molecular complexity index is 292. The first kappa shape index (κ1) is 8.41. The summed E-state index contributed by atoms with van der Waals surface area (Å²) in [5.74, 6) is 2.34.